The summed E-state index contributed by atoms with van der Waals surface area (Å²) in [5, 5.41) is 9.82. The van der Waals surface area contributed by atoms with Crippen LogP contribution in [0.25, 0.3) is 22.4 Å². The van der Waals surface area contributed by atoms with Crippen molar-refractivity contribution in [2.45, 2.75) is 58.8 Å². The molecule has 1 aromatic heterocycles. The average Bonchev–Trinajstić information content (AvgIpc) is 2.83. The molecular weight excluding hydrogens is 394 g/mol. The van der Waals surface area contributed by atoms with Crippen LogP contribution in [0.3, 0.4) is 0 Å². The van der Waals surface area contributed by atoms with E-state index in [4.69, 9.17) is 10.5 Å². The number of ether oxygens (including phenoxy) is 1. The Kier molecular flexibility index (Phi) is 8.69. The number of nitrogens with two attached hydrogens (primary N) is 1. The molecule has 0 aliphatic heterocycles. The number of hydrogen-bond donors (Lipinski definition) is 1. The molecule has 4 heteroatoms. The second-order valence-corrected chi connectivity index (χ2v) is 8.05. The van der Waals surface area contributed by atoms with Gasteiger partial charge in [-0.2, -0.15) is 5.26 Å². The molecule has 1 heterocycles. The normalized spacial score (nSPS) is 10.7. The van der Waals surface area contributed by atoms with Crippen LogP contribution in [0.15, 0.2) is 54.6 Å². The predicted molar refractivity (Wildman–Crippen MR) is 132 cm³/mol. The minimum absolute atomic E-state index is 0.266. The Morgan fingerprint density at radius 2 is 1.56 bits per heavy atom. The van der Waals surface area contributed by atoms with Gasteiger partial charge in [-0.3, -0.25) is 0 Å². The molecule has 0 fully saturated rings. The van der Waals surface area contributed by atoms with E-state index in [0.717, 1.165) is 53.1 Å². The molecule has 0 bridgehead atoms. The average molecular weight is 428 g/mol. The van der Waals surface area contributed by atoms with Crippen LogP contribution in [0.1, 0.15) is 63.5 Å². The molecule has 2 aromatic carbocycles. The molecule has 0 radical (unpaired) electrons. The van der Waals surface area contributed by atoms with E-state index in [-0.39, 0.29) is 5.82 Å². The number of aromatic nitrogens is 1. The van der Waals surface area contributed by atoms with E-state index in [2.05, 4.69) is 24.9 Å². The van der Waals surface area contributed by atoms with Crippen LogP contribution >= 0.6 is 0 Å². The molecule has 32 heavy (non-hydrogen) atoms. The first-order valence-corrected chi connectivity index (χ1v) is 11.7. The first kappa shape index (κ1) is 23.3. The molecule has 3 aromatic rings. The van der Waals surface area contributed by atoms with Crippen molar-refractivity contribution in [3.63, 3.8) is 0 Å². The quantitative estimate of drug-likeness (QED) is 0.329. The molecule has 3 rings (SSSR count). The number of nitriles is 1. The summed E-state index contributed by atoms with van der Waals surface area (Å²) < 4.78 is 5.93. The molecule has 0 aliphatic carbocycles. The molecule has 166 valence electrons. The molecule has 0 amide bonds. The molecule has 0 aliphatic rings. The molecule has 2 N–H and O–H groups in total. The van der Waals surface area contributed by atoms with Crippen LogP contribution in [0.4, 0.5) is 5.82 Å². The summed E-state index contributed by atoms with van der Waals surface area (Å²) in [4.78, 5) is 4.60. The first-order valence-electron chi connectivity index (χ1n) is 11.7. The summed E-state index contributed by atoms with van der Waals surface area (Å²) in [6, 6.07) is 20.3. The lowest BCUT2D eigenvalue weighted by Crippen LogP contribution is -2.05. The Morgan fingerprint density at radius 3 is 2.22 bits per heavy atom. The van der Waals surface area contributed by atoms with E-state index >= 15 is 0 Å². The van der Waals surface area contributed by atoms with Gasteiger partial charge in [0.25, 0.3) is 0 Å². The van der Waals surface area contributed by atoms with Gasteiger partial charge in [0, 0.05) is 11.1 Å². The van der Waals surface area contributed by atoms with Gasteiger partial charge >= 0.3 is 0 Å². The fraction of sp³-hybridized carbons (Fsp3) is 0.357. The van der Waals surface area contributed by atoms with Crippen molar-refractivity contribution in [2.24, 2.45) is 0 Å². The van der Waals surface area contributed by atoms with E-state index in [0.29, 0.717) is 5.56 Å². The zero-order valence-corrected chi connectivity index (χ0v) is 19.2. The van der Waals surface area contributed by atoms with Crippen LogP contribution in [0.2, 0.25) is 0 Å². The summed E-state index contributed by atoms with van der Waals surface area (Å²) in [5.41, 5.74) is 11.3. The molecule has 0 saturated carbocycles. The Balaban J connectivity index is 1.82. The summed E-state index contributed by atoms with van der Waals surface area (Å²) in [5.74, 6) is 1.12. The number of unbranched alkanes of at least 4 members (excludes halogenated alkanes) is 5. The van der Waals surface area contributed by atoms with Crippen LogP contribution in [0, 0.1) is 11.3 Å². The number of pyridine rings is 1. The van der Waals surface area contributed by atoms with E-state index < -0.39 is 0 Å². The Hall–Kier alpha value is -3.32. The van der Waals surface area contributed by atoms with E-state index in [1.165, 1.54) is 32.1 Å². The third-order valence-corrected chi connectivity index (χ3v) is 5.75. The van der Waals surface area contributed by atoms with Gasteiger partial charge in [0.2, 0.25) is 0 Å². The van der Waals surface area contributed by atoms with Gasteiger partial charge in [-0.25, -0.2) is 4.98 Å². The van der Waals surface area contributed by atoms with Crippen LogP contribution in [-0.4, -0.2) is 11.6 Å². The van der Waals surface area contributed by atoms with Crippen molar-refractivity contribution in [1.82, 2.24) is 4.98 Å². The molecule has 0 spiro atoms. The SMILES string of the molecule is CCCCCCCCOc1ccc(-c2c(C#N)c(N)nc(-c3ccccc3)c2CC)cc1. The minimum atomic E-state index is 0.266. The second-order valence-electron chi connectivity index (χ2n) is 8.05. The van der Waals surface area contributed by atoms with Gasteiger partial charge < -0.3 is 10.5 Å². The molecule has 4 nitrogen and oxygen atoms in total. The van der Waals surface area contributed by atoms with Crippen molar-refractivity contribution in [3.8, 4) is 34.2 Å². The summed E-state index contributed by atoms with van der Waals surface area (Å²) in [7, 11) is 0. The van der Waals surface area contributed by atoms with Crippen LogP contribution in [0.5, 0.6) is 5.75 Å². The van der Waals surface area contributed by atoms with Crippen molar-refractivity contribution in [1.29, 1.82) is 5.26 Å². The van der Waals surface area contributed by atoms with E-state index in [9.17, 15) is 5.26 Å². The van der Waals surface area contributed by atoms with Gasteiger partial charge in [0.1, 0.15) is 23.2 Å². The third-order valence-electron chi connectivity index (χ3n) is 5.75. The topological polar surface area (TPSA) is 71.9 Å². The van der Waals surface area contributed by atoms with E-state index in [1.54, 1.807) is 0 Å². The van der Waals surface area contributed by atoms with Crippen molar-refractivity contribution < 1.29 is 4.74 Å². The molecule has 0 unspecified atom stereocenters. The smallest absolute Gasteiger partial charge is 0.142 e. The molecular formula is C28H33N3O. The summed E-state index contributed by atoms with van der Waals surface area (Å²) >= 11 is 0. The number of rotatable bonds is 11. The van der Waals surface area contributed by atoms with Gasteiger partial charge in [0.15, 0.2) is 0 Å². The number of nitrogen functional groups attached to an aromatic ring is 1. The highest BCUT2D eigenvalue weighted by atomic mass is 16.5. The van der Waals surface area contributed by atoms with Gasteiger partial charge in [-0.15, -0.1) is 0 Å². The Bertz CT molecular complexity index is 1040. The van der Waals surface area contributed by atoms with E-state index in [1.807, 2.05) is 54.6 Å². The van der Waals surface area contributed by atoms with Crippen molar-refractivity contribution in [3.05, 3.63) is 65.7 Å². The predicted octanol–water partition coefficient (Wildman–Crippen LogP) is 7.17. The highest BCUT2D eigenvalue weighted by molar-refractivity contribution is 5.84. The van der Waals surface area contributed by atoms with Gasteiger partial charge in [0.05, 0.1) is 12.3 Å². The van der Waals surface area contributed by atoms with Gasteiger partial charge in [-0.05, 0) is 36.1 Å². The van der Waals surface area contributed by atoms with Crippen LogP contribution in [-0.2, 0) is 6.42 Å². The largest absolute Gasteiger partial charge is 0.494 e. The lowest BCUT2D eigenvalue weighted by Gasteiger charge is -2.17. The highest BCUT2D eigenvalue weighted by Gasteiger charge is 2.19. The minimum Gasteiger partial charge on any atom is -0.494 e. The van der Waals surface area contributed by atoms with Crippen molar-refractivity contribution in [2.75, 3.05) is 12.3 Å². The van der Waals surface area contributed by atoms with Gasteiger partial charge in [-0.1, -0.05) is 88.4 Å². The standard InChI is InChI=1S/C28H33N3O/c1-3-5-6-7-8-12-19-32-23-17-15-21(16-18-23)26-24(4-2)27(22-13-10-9-11-14-22)31-28(30)25(26)20-29/h9-11,13-18H,3-8,12,19H2,1-2H3,(H2,30,31). The lowest BCUT2D eigenvalue weighted by atomic mass is 9.90. The summed E-state index contributed by atoms with van der Waals surface area (Å²) in [6.07, 6.45) is 8.21. The molecule has 0 atom stereocenters. The van der Waals surface area contributed by atoms with Crippen LogP contribution < -0.4 is 10.5 Å². The fourth-order valence-electron chi connectivity index (χ4n) is 4.04. The number of nitrogens with zero attached hydrogens (tertiary/aromatic N) is 2. The van der Waals surface area contributed by atoms with Crippen molar-refractivity contribution >= 4 is 5.82 Å². The lowest BCUT2D eigenvalue weighted by molar-refractivity contribution is 0.304. The summed E-state index contributed by atoms with van der Waals surface area (Å²) in [6.45, 7) is 5.05. The first-order chi connectivity index (χ1) is 15.7. The third kappa shape index (κ3) is 5.68. The highest BCUT2D eigenvalue weighted by Crippen LogP contribution is 2.37. The maximum absolute atomic E-state index is 9.82. The number of hydrogen-bond acceptors (Lipinski definition) is 4. The second kappa shape index (κ2) is 11.9. The molecule has 0 saturated heterocycles. The zero-order chi connectivity index (χ0) is 22.8. The zero-order valence-electron chi connectivity index (χ0n) is 19.2. The number of benzene rings is 2. The maximum atomic E-state index is 9.82. The Morgan fingerprint density at radius 1 is 0.875 bits per heavy atom. The monoisotopic (exact) mass is 427 g/mol. The Labute approximate surface area is 192 Å². The fourth-order valence-corrected chi connectivity index (χ4v) is 4.04. The maximum Gasteiger partial charge on any atom is 0.142 e. The number of anilines is 1.